The number of esters is 3. The molecule has 0 rings (SSSR count). The van der Waals surface area contributed by atoms with Crippen molar-refractivity contribution in [3.63, 3.8) is 0 Å². The molecule has 0 amide bonds. The number of carbonyl (C=O) groups excluding carboxylic acids is 3. The Morgan fingerprint density at radius 2 is 0.411 bits per heavy atom. The highest BCUT2D eigenvalue weighted by molar-refractivity contribution is 7.47. The summed E-state index contributed by atoms with van der Waals surface area (Å²) in [5.74, 6) is -1.56. The summed E-state index contributed by atoms with van der Waals surface area (Å²) in [6.45, 7) is 2.51. The Kier molecular flexibility index (Phi) is 97.8. The lowest BCUT2D eigenvalue weighted by atomic mass is 10.0. The lowest BCUT2D eigenvalue weighted by Crippen LogP contribution is -2.30. The molecule has 16 nitrogen and oxygen atoms in total. The molecular formula is C111H192O16P2. The molecule has 0 bridgehead atoms. The molecule has 0 saturated carbocycles. The largest absolute Gasteiger partial charge is 0.472 e. The fraction of sp³-hybridized carbons (Fsp3) is 0.721. The fourth-order valence-electron chi connectivity index (χ4n) is 14.6. The molecule has 0 aliphatic carbocycles. The average molecular weight is 1840 g/mol. The number of phosphoric acid groups is 2. The third kappa shape index (κ3) is 103. The van der Waals surface area contributed by atoms with Gasteiger partial charge in [-0.1, -0.05) is 454 Å². The predicted octanol–water partition coefficient (Wildman–Crippen LogP) is 33.3. The number of carbonyl (C=O) groups is 3. The van der Waals surface area contributed by atoms with E-state index in [-0.39, 0.29) is 19.3 Å². The van der Waals surface area contributed by atoms with Gasteiger partial charge in [0.25, 0.3) is 0 Å². The second-order valence-corrected chi connectivity index (χ2v) is 37.8. The first-order chi connectivity index (χ1) is 63.2. The van der Waals surface area contributed by atoms with E-state index in [0.717, 1.165) is 148 Å². The van der Waals surface area contributed by atoms with E-state index in [4.69, 9.17) is 32.3 Å². The molecule has 0 aliphatic rings. The monoisotopic (exact) mass is 1840 g/mol. The zero-order valence-corrected chi connectivity index (χ0v) is 84.1. The van der Waals surface area contributed by atoms with Gasteiger partial charge in [-0.3, -0.25) is 32.5 Å². The van der Waals surface area contributed by atoms with Gasteiger partial charge in [-0.25, -0.2) is 9.13 Å². The number of hydrogen-bond donors (Lipinski definition) is 4. The predicted molar refractivity (Wildman–Crippen MR) is 546 cm³/mol. The molecule has 0 aromatic carbocycles. The van der Waals surface area contributed by atoms with Crippen molar-refractivity contribution in [3.8, 4) is 0 Å². The summed E-state index contributed by atoms with van der Waals surface area (Å²) in [5, 5.41) is 20.8. The number of unbranched alkanes of at least 4 members (excludes halogenated alkanes) is 48. The quantitative estimate of drug-likeness (QED) is 0.0146. The molecule has 5 unspecified atom stereocenters. The fourth-order valence-corrected chi connectivity index (χ4v) is 16.1. The van der Waals surface area contributed by atoms with Crippen LogP contribution in [0, 0.1) is 0 Å². The lowest BCUT2D eigenvalue weighted by molar-refractivity contribution is -0.161. The van der Waals surface area contributed by atoms with Gasteiger partial charge in [-0.15, -0.1) is 0 Å². The zero-order chi connectivity index (χ0) is 93.5. The standard InChI is InChI=1S/C111H192O16P2/c1-4-7-10-13-16-19-22-25-28-31-34-37-40-43-46-49-52-55-58-61-64-67-70-73-76-79-82-85-88-91-94-97-109(114)121-100-106(112)101-123-128(117,118)124-102-107(113)103-125-129(119,120)126-105-108(127-111(116)99-96-93-90-87-84-81-78-75-72-69-66-63-60-57-54-51-48-45-42-39-36-33-30-27-24-21-18-15-12-9-6-3)104-122-110(115)98-95-92-89-86-83-80-77-74-71-68-65-62-59-56-53-50-47-44-41-38-35-32-29-26-23-20-17-14-11-8-5-2/h7-8,10-11,16-21,25-30,34-39,43-48,106-108,112-113H,4-6,9,12-15,22-24,31-33,40-42,49-105H2,1-3H3,(H,117,118)(H,119,120)/b10-7-,11-8-,19-16-,20-17-,21-18-,28-25-,29-26-,30-27-,37-34-,38-35-,39-36-,46-43-,47-44-,48-45-. The summed E-state index contributed by atoms with van der Waals surface area (Å²) in [4.78, 5) is 59.3. The van der Waals surface area contributed by atoms with Crippen molar-refractivity contribution in [2.45, 2.75) is 476 Å². The molecule has 0 spiro atoms. The van der Waals surface area contributed by atoms with Crippen molar-refractivity contribution in [2.24, 2.45) is 0 Å². The minimum Gasteiger partial charge on any atom is -0.463 e. The molecule has 4 N–H and O–H groups in total. The summed E-state index contributed by atoms with van der Waals surface area (Å²) in [6.07, 6.45) is 134. The Morgan fingerprint density at radius 3 is 0.651 bits per heavy atom. The molecule has 742 valence electrons. The van der Waals surface area contributed by atoms with Gasteiger partial charge in [0.15, 0.2) is 6.10 Å². The minimum absolute atomic E-state index is 0.103. The summed E-state index contributed by atoms with van der Waals surface area (Å²) < 4.78 is 61.8. The van der Waals surface area contributed by atoms with Crippen LogP contribution in [-0.2, 0) is 55.8 Å². The Hall–Kier alpha value is -5.09. The number of allylic oxidation sites excluding steroid dienone is 28. The van der Waals surface area contributed by atoms with Crippen LogP contribution in [0.4, 0.5) is 0 Å². The number of ether oxygens (including phenoxy) is 3. The molecule has 18 heteroatoms. The van der Waals surface area contributed by atoms with Gasteiger partial charge in [-0.05, 0) is 154 Å². The topological polar surface area (TPSA) is 231 Å². The van der Waals surface area contributed by atoms with E-state index in [9.17, 15) is 43.5 Å². The molecule has 129 heavy (non-hydrogen) atoms. The smallest absolute Gasteiger partial charge is 0.463 e. The first-order valence-electron chi connectivity index (χ1n) is 52.4. The Morgan fingerprint density at radius 1 is 0.225 bits per heavy atom. The van der Waals surface area contributed by atoms with Crippen LogP contribution >= 0.6 is 15.6 Å². The zero-order valence-electron chi connectivity index (χ0n) is 82.3. The van der Waals surface area contributed by atoms with E-state index in [1.165, 1.54) is 250 Å². The van der Waals surface area contributed by atoms with Crippen molar-refractivity contribution in [2.75, 3.05) is 39.6 Å². The van der Waals surface area contributed by atoms with Gasteiger partial charge < -0.3 is 34.2 Å². The van der Waals surface area contributed by atoms with E-state index in [0.29, 0.717) is 19.3 Å². The minimum atomic E-state index is -4.95. The third-order valence-corrected chi connectivity index (χ3v) is 24.3. The second-order valence-electron chi connectivity index (χ2n) is 34.9. The van der Waals surface area contributed by atoms with Gasteiger partial charge in [0.2, 0.25) is 0 Å². The molecule has 0 heterocycles. The van der Waals surface area contributed by atoms with Gasteiger partial charge in [0.05, 0.1) is 26.4 Å². The Labute approximate surface area is 790 Å². The van der Waals surface area contributed by atoms with Crippen molar-refractivity contribution in [1.82, 2.24) is 0 Å². The number of aliphatic hydroxyl groups excluding tert-OH is 2. The molecule has 0 saturated heterocycles. The highest BCUT2D eigenvalue weighted by Gasteiger charge is 2.30. The van der Waals surface area contributed by atoms with E-state index in [1.807, 2.05) is 0 Å². The maximum absolute atomic E-state index is 13.1. The van der Waals surface area contributed by atoms with Gasteiger partial charge in [-0.2, -0.15) is 0 Å². The van der Waals surface area contributed by atoms with Crippen LogP contribution in [0.25, 0.3) is 0 Å². The number of hydrogen-bond acceptors (Lipinski definition) is 14. The van der Waals surface area contributed by atoms with Crippen LogP contribution in [0.5, 0.6) is 0 Å². The third-order valence-electron chi connectivity index (χ3n) is 22.4. The first-order valence-corrected chi connectivity index (χ1v) is 55.4. The van der Waals surface area contributed by atoms with Crippen molar-refractivity contribution in [3.05, 3.63) is 170 Å². The maximum atomic E-state index is 13.1. The summed E-state index contributed by atoms with van der Waals surface area (Å²) >= 11 is 0. The average Bonchev–Trinajstić information content (AvgIpc) is 0.895. The normalized spacial score (nSPS) is 14.3. The van der Waals surface area contributed by atoms with Crippen LogP contribution < -0.4 is 0 Å². The maximum Gasteiger partial charge on any atom is 0.472 e. The molecule has 0 aromatic rings. The number of rotatable bonds is 99. The van der Waals surface area contributed by atoms with Crippen LogP contribution in [-0.4, -0.2) is 95.9 Å². The van der Waals surface area contributed by atoms with Crippen LogP contribution in [0.1, 0.15) is 457 Å². The SMILES string of the molecule is CC/C=C\C/C=C\C/C=C\C/C=C\C/C=C\CCCCCCCCCCCCCCCCCC(=O)OCC(O)COP(=O)(O)OCC(O)COP(=O)(O)OCC(COC(=O)CCCCCCCCCCCCCCCCC/C=C\C/C=C\C/C=C\C/C=C\C/C=C\CC)OC(=O)CCCCCCCCCCCCCCCCC/C=C\C/C=C\C/C=C\C/C=C\CCCCC. The number of phosphoric ester groups is 2. The molecule has 0 fully saturated rings. The van der Waals surface area contributed by atoms with Crippen LogP contribution in [0.3, 0.4) is 0 Å². The van der Waals surface area contributed by atoms with E-state index in [1.54, 1.807) is 0 Å². The lowest BCUT2D eigenvalue weighted by Gasteiger charge is -2.21. The Bertz CT molecular complexity index is 3030. The van der Waals surface area contributed by atoms with Crippen LogP contribution in [0.2, 0.25) is 0 Å². The highest BCUT2D eigenvalue weighted by Crippen LogP contribution is 2.45. The summed E-state index contributed by atoms with van der Waals surface area (Å²) in [6, 6.07) is 0. The van der Waals surface area contributed by atoms with Crippen molar-refractivity contribution >= 4 is 33.6 Å². The Balaban J connectivity index is 4.63. The summed E-state index contributed by atoms with van der Waals surface area (Å²) in [7, 11) is -9.82. The summed E-state index contributed by atoms with van der Waals surface area (Å²) in [5.41, 5.74) is 0. The molecule has 0 aromatic heterocycles. The van der Waals surface area contributed by atoms with Gasteiger partial charge in [0.1, 0.15) is 25.4 Å². The first kappa shape index (κ1) is 124. The van der Waals surface area contributed by atoms with Gasteiger partial charge in [0, 0.05) is 19.3 Å². The van der Waals surface area contributed by atoms with E-state index >= 15 is 0 Å². The van der Waals surface area contributed by atoms with Crippen molar-refractivity contribution < 1.29 is 75.8 Å². The molecule has 5 atom stereocenters. The van der Waals surface area contributed by atoms with Gasteiger partial charge >= 0.3 is 33.6 Å². The van der Waals surface area contributed by atoms with Crippen LogP contribution in [0.15, 0.2) is 170 Å². The molecule has 0 radical (unpaired) electrons. The second kappa shape index (κ2) is 102. The highest BCUT2D eigenvalue weighted by atomic mass is 31.2. The molecule has 0 aliphatic heterocycles. The van der Waals surface area contributed by atoms with E-state index < -0.39 is 91.5 Å². The number of aliphatic hydroxyl groups is 2. The van der Waals surface area contributed by atoms with E-state index in [2.05, 4.69) is 191 Å². The molecular weight excluding hydrogens is 1650 g/mol. The van der Waals surface area contributed by atoms with Crippen molar-refractivity contribution in [1.29, 1.82) is 0 Å².